The Kier molecular flexibility index (Phi) is 3.06. The van der Waals surface area contributed by atoms with Gasteiger partial charge in [0.05, 0.1) is 11.9 Å². The van der Waals surface area contributed by atoms with Crippen molar-refractivity contribution < 1.29 is 5.21 Å². The fraction of sp³-hybridized carbons (Fsp3) is 0.556. The van der Waals surface area contributed by atoms with E-state index in [1.54, 1.807) is 13.1 Å². The first-order chi connectivity index (χ1) is 6.20. The summed E-state index contributed by atoms with van der Waals surface area (Å²) in [5, 5.41) is 11.7. The molecule has 0 fully saturated rings. The van der Waals surface area contributed by atoms with E-state index in [1.165, 1.54) is 0 Å². The Morgan fingerprint density at radius 1 is 1.69 bits per heavy atom. The van der Waals surface area contributed by atoms with E-state index in [4.69, 9.17) is 5.21 Å². The highest BCUT2D eigenvalue weighted by Gasteiger charge is 2.07. The molecule has 1 rings (SSSR count). The second-order valence-electron chi connectivity index (χ2n) is 3.05. The van der Waals surface area contributed by atoms with Gasteiger partial charge in [-0.1, -0.05) is 12.1 Å². The largest absolute Gasteiger partial charge is 0.411 e. The van der Waals surface area contributed by atoms with Crippen LogP contribution in [0.1, 0.15) is 31.8 Å². The topological polar surface area (TPSA) is 50.4 Å². The lowest BCUT2D eigenvalue weighted by Gasteiger charge is -2.02. The highest BCUT2D eigenvalue weighted by molar-refractivity contribution is 5.96. The first-order valence-electron chi connectivity index (χ1n) is 4.40. The molecule has 0 amide bonds. The van der Waals surface area contributed by atoms with Gasteiger partial charge in [0.2, 0.25) is 0 Å². The minimum Gasteiger partial charge on any atom is -0.411 e. The number of hydrogen-bond acceptors (Lipinski definition) is 3. The maximum Gasteiger partial charge on any atom is 0.108 e. The zero-order valence-electron chi connectivity index (χ0n) is 8.28. The van der Waals surface area contributed by atoms with Crippen LogP contribution in [0.15, 0.2) is 11.4 Å². The summed E-state index contributed by atoms with van der Waals surface area (Å²) in [5.41, 5.74) is 1.46. The predicted molar refractivity (Wildman–Crippen MR) is 51.2 cm³/mol. The van der Waals surface area contributed by atoms with E-state index in [9.17, 15) is 0 Å². The minimum atomic E-state index is 0.595. The van der Waals surface area contributed by atoms with E-state index < -0.39 is 0 Å². The van der Waals surface area contributed by atoms with Gasteiger partial charge in [-0.25, -0.2) is 4.98 Å². The van der Waals surface area contributed by atoms with Gasteiger partial charge in [0.15, 0.2) is 0 Å². The minimum absolute atomic E-state index is 0.595. The number of aryl methyl sites for hydroxylation is 1. The fourth-order valence-corrected chi connectivity index (χ4v) is 1.29. The molecule has 0 aliphatic carbocycles. The molecule has 4 heteroatoms. The summed E-state index contributed by atoms with van der Waals surface area (Å²) in [6.07, 6.45) is 3.76. The quantitative estimate of drug-likeness (QED) is 0.437. The summed E-state index contributed by atoms with van der Waals surface area (Å²) >= 11 is 0. The Labute approximate surface area is 77.9 Å². The summed E-state index contributed by atoms with van der Waals surface area (Å²) in [4.78, 5) is 4.25. The summed E-state index contributed by atoms with van der Waals surface area (Å²) in [6, 6.07) is 0. The summed E-state index contributed by atoms with van der Waals surface area (Å²) in [6.45, 7) is 3.87. The number of imidazole rings is 1. The van der Waals surface area contributed by atoms with Crippen molar-refractivity contribution >= 4 is 5.71 Å². The molecule has 1 N–H and O–H groups in total. The van der Waals surface area contributed by atoms with E-state index in [2.05, 4.69) is 17.1 Å². The third kappa shape index (κ3) is 1.88. The summed E-state index contributed by atoms with van der Waals surface area (Å²) < 4.78 is 1.96. The van der Waals surface area contributed by atoms with Gasteiger partial charge in [0.1, 0.15) is 11.5 Å². The normalized spacial score (nSPS) is 12.1. The first kappa shape index (κ1) is 9.77. The molecule has 1 aromatic rings. The SMILES string of the molecule is CCCc1ncc(/C(C)=N/O)n1C. The molecule has 0 saturated carbocycles. The molecule has 13 heavy (non-hydrogen) atoms. The standard InChI is InChI=1S/C9H15N3O/c1-4-5-9-10-6-8(12(9)3)7(2)11-13/h6,13H,4-5H2,1-3H3/b11-7+. The van der Waals surface area contributed by atoms with Crippen molar-refractivity contribution in [3.8, 4) is 0 Å². The third-order valence-electron chi connectivity index (χ3n) is 2.08. The van der Waals surface area contributed by atoms with Crippen molar-refractivity contribution in [3.63, 3.8) is 0 Å². The monoisotopic (exact) mass is 181 g/mol. The van der Waals surface area contributed by atoms with Crippen molar-refractivity contribution in [2.24, 2.45) is 12.2 Å². The lowest BCUT2D eigenvalue weighted by molar-refractivity contribution is 0.318. The van der Waals surface area contributed by atoms with Gasteiger partial charge < -0.3 is 9.77 Å². The fourth-order valence-electron chi connectivity index (χ4n) is 1.29. The van der Waals surface area contributed by atoms with E-state index >= 15 is 0 Å². The number of hydrogen-bond donors (Lipinski definition) is 1. The van der Waals surface area contributed by atoms with Gasteiger partial charge in [-0.2, -0.15) is 0 Å². The number of aromatic nitrogens is 2. The Hall–Kier alpha value is -1.32. The number of rotatable bonds is 3. The van der Waals surface area contributed by atoms with E-state index in [0.717, 1.165) is 24.4 Å². The highest BCUT2D eigenvalue weighted by Crippen LogP contribution is 2.06. The maximum atomic E-state index is 8.60. The second kappa shape index (κ2) is 4.07. The van der Waals surface area contributed by atoms with Crippen LogP contribution in [-0.2, 0) is 13.5 Å². The zero-order chi connectivity index (χ0) is 9.84. The predicted octanol–water partition coefficient (Wildman–Crippen LogP) is 1.57. The van der Waals surface area contributed by atoms with Gasteiger partial charge in [-0.3, -0.25) is 0 Å². The van der Waals surface area contributed by atoms with Gasteiger partial charge in [-0.05, 0) is 13.3 Å². The summed E-state index contributed by atoms with van der Waals surface area (Å²) in [5.74, 6) is 1.03. The third-order valence-corrected chi connectivity index (χ3v) is 2.08. The van der Waals surface area contributed by atoms with Crippen LogP contribution < -0.4 is 0 Å². The molecule has 4 nitrogen and oxygen atoms in total. The average Bonchev–Trinajstić information content (AvgIpc) is 2.48. The molecule has 0 spiro atoms. The molecule has 0 aliphatic heterocycles. The van der Waals surface area contributed by atoms with E-state index in [-0.39, 0.29) is 0 Å². The number of oxime groups is 1. The molecule has 0 atom stereocenters. The van der Waals surface area contributed by atoms with Gasteiger partial charge in [-0.15, -0.1) is 0 Å². The van der Waals surface area contributed by atoms with Crippen molar-refractivity contribution in [2.45, 2.75) is 26.7 Å². The first-order valence-corrected chi connectivity index (χ1v) is 4.40. The molecular weight excluding hydrogens is 166 g/mol. The van der Waals surface area contributed by atoms with Crippen molar-refractivity contribution in [3.05, 3.63) is 17.7 Å². The van der Waals surface area contributed by atoms with Crippen molar-refractivity contribution in [2.75, 3.05) is 0 Å². The van der Waals surface area contributed by atoms with Crippen LogP contribution in [-0.4, -0.2) is 20.5 Å². The molecule has 72 valence electrons. The molecule has 0 radical (unpaired) electrons. The highest BCUT2D eigenvalue weighted by atomic mass is 16.4. The van der Waals surface area contributed by atoms with Crippen LogP contribution in [0.2, 0.25) is 0 Å². The van der Waals surface area contributed by atoms with Gasteiger partial charge in [0, 0.05) is 13.5 Å². The lowest BCUT2D eigenvalue weighted by Crippen LogP contribution is -2.06. The molecular formula is C9H15N3O. The van der Waals surface area contributed by atoms with Crippen LogP contribution >= 0.6 is 0 Å². The van der Waals surface area contributed by atoms with Crippen molar-refractivity contribution in [1.29, 1.82) is 0 Å². The van der Waals surface area contributed by atoms with Crippen LogP contribution in [0, 0.1) is 0 Å². The smallest absolute Gasteiger partial charge is 0.108 e. The van der Waals surface area contributed by atoms with Crippen LogP contribution in [0.5, 0.6) is 0 Å². The maximum absolute atomic E-state index is 8.60. The van der Waals surface area contributed by atoms with Gasteiger partial charge >= 0.3 is 0 Å². The Bertz CT molecular complexity index is 315. The Balaban J connectivity index is 2.99. The molecule has 1 aromatic heterocycles. The number of nitrogens with zero attached hydrogens (tertiary/aromatic N) is 3. The molecule has 1 heterocycles. The van der Waals surface area contributed by atoms with Crippen LogP contribution in [0.3, 0.4) is 0 Å². The van der Waals surface area contributed by atoms with Gasteiger partial charge in [0.25, 0.3) is 0 Å². The average molecular weight is 181 g/mol. The molecule has 0 unspecified atom stereocenters. The Morgan fingerprint density at radius 2 is 2.38 bits per heavy atom. The molecule has 0 aliphatic rings. The Morgan fingerprint density at radius 3 is 2.92 bits per heavy atom. The van der Waals surface area contributed by atoms with Crippen LogP contribution in [0.4, 0.5) is 0 Å². The molecule has 0 bridgehead atoms. The van der Waals surface area contributed by atoms with E-state index in [1.807, 2.05) is 11.6 Å². The molecule has 0 saturated heterocycles. The van der Waals surface area contributed by atoms with Crippen LogP contribution in [0.25, 0.3) is 0 Å². The van der Waals surface area contributed by atoms with E-state index in [0.29, 0.717) is 5.71 Å². The second-order valence-corrected chi connectivity index (χ2v) is 3.05. The van der Waals surface area contributed by atoms with Crippen molar-refractivity contribution in [1.82, 2.24) is 9.55 Å². The lowest BCUT2D eigenvalue weighted by atomic mass is 10.3. The zero-order valence-corrected chi connectivity index (χ0v) is 8.28. The summed E-state index contributed by atoms with van der Waals surface area (Å²) in [7, 11) is 1.93. The molecule has 0 aromatic carbocycles.